The van der Waals surface area contributed by atoms with Crippen molar-refractivity contribution in [1.82, 2.24) is 4.90 Å². The number of benzene rings is 3. The van der Waals surface area contributed by atoms with Crippen LogP contribution in [0.5, 0.6) is 0 Å². The fourth-order valence-electron chi connectivity index (χ4n) is 5.74. The van der Waals surface area contributed by atoms with E-state index in [2.05, 4.69) is 0 Å². The van der Waals surface area contributed by atoms with Gasteiger partial charge >= 0.3 is 0 Å². The molecule has 3 amide bonds. The zero-order valence-electron chi connectivity index (χ0n) is 19.2. The predicted octanol–water partition coefficient (Wildman–Crippen LogP) is 4.49. The van der Waals surface area contributed by atoms with Crippen LogP contribution in [0, 0.1) is 11.8 Å². The summed E-state index contributed by atoms with van der Waals surface area (Å²) in [5.41, 5.74) is 7.93. The maximum Gasteiger partial charge on any atom is 0.248 e. The fourth-order valence-corrected chi connectivity index (χ4v) is 6.24. The van der Waals surface area contributed by atoms with E-state index in [1.807, 2.05) is 35.2 Å². The highest BCUT2D eigenvalue weighted by Gasteiger charge is 2.64. The maximum atomic E-state index is 14.0. The van der Waals surface area contributed by atoms with Crippen LogP contribution in [0.1, 0.15) is 37.9 Å². The first kappa shape index (κ1) is 23.5. The summed E-state index contributed by atoms with van der Waals surface area (Å²) < 4.78 is 0. The highest BCUT2D eigenvalue weighted by molar-refractivity contribution is 6.37. The number of nitrogens with two attached hydrogens (primary N) is 1. The Morgan fingerprint density at radius 2 is 1.57 bits per heavy atom. The molecule has 0 unspecified atom stereocenters. The lowest BCUT2D eigenvalue weighted by Gasteiger charge is -2.35. The van der Waals surface area contributed by atoms with E-state index in [1.54, 1.807) is 18.3 Å². The number of hydrogen-bond acceptors (Lipinski definition) is 5. The molecule has 0 spiro atoms. The quantitative estimate of drug-likeness (QED) is 0.394. The van der Waals surface area contributed by atoms with Gasteiger partial charge < -0.3 is 10.6 Å². The third-order valence-corrected chi connectivity index (χ3v) is 7.88. The molecule has 2 fully saturated rings. The molecule has 3 aliphatic heterocycles. The normalized spacial score (nSPS) is 23.6. The summed E-state index contributed by atoms with van der Waals surface area (Å²) >= 11 is 12.4. The van der Waals surface area contributed by atoms with Crippen molar-refractivity contribution < 1.29 is 19.2 Å². The third-order valence-electron chi connectivity index (χ3n) is 7.34. The Hall–Kier alpha value is -3.94. The number of imide groups is 1. The molecule has 2 N–H and O–H groups in total. The summed E-state index contributed by atoms with van der Waals surface area (Å²) in [7, 11) is 0. The summed E-state index contributed by atoms with van der Waals surface area (Å²) in [4.78, 5) is 56.2. The van der Waals surface area contributed by atoms with E-state index < -0.39 is 41.6 Å². The largest absolute Gasteiger partial charge is 0.366 e. The van der Waals surface area contributed by atoms with Gasteiger partial charge in [-0.1, -0.05) is 47.5 Å². The average molecular weight is 532 g/mol. The molecule has 184 valence electrons. The van der Waals surface area contributed by atoms with Crippen molar-refractivity contribution in [3.05, 3.63) is 105 Å². The second kappa shape index (κ2) is 8.57. The van der Waals surface area contributed by atoms with Crippen LogP contribution < -0.4 is 10.6 Å². The van der Waals surface area contributed by atoms with Crippen LogP contribution in [0.2, 0.25) is 10.0 Å². The number of rotatable bonds is 4. The van der Waals surface area contributed by atoms with Gasteiger partial charge in [-0.25, -0.2) is 4.90 Å². The maximum absolute atomic E-state index is 14.0. The molecular weight excluding hydrogens is 513 g/mol. The van der Waals surface area contributed by atoms with Crippen LogP contribution in [0.4, 0.5) is 5.69 Å². The number of halogens is 2. The number of fused-ring (bicyclic) bond motifs is 5. The van der Waals surface area contributed by atoms with E-state index in [0.717, 1.165) is 16.0 Å². The number of carbonyl (C=O) groups is 4. The molecule has 0 bridgehead atoms. The number of anilines is 1. The zero-order valence-corrected chi connectivity index (χ0v) is 20.7. The van der Waals surface area contributed by atoms with Crippen molar-refractivity contribution in [1.29, 1.82) is 0 Å². The smallest absolute Gasteiger partial charge is 0.248 e. The zero-order chi connectivity index (χ0) is 26.0. The van der Waals surface area contributed by atoms with Gasteiger partial charge in [-0.05, 0) is 59.7 Å². The standard InChI is InChI=1S/C28H19Cl2N3O4/c29-16-7-10-19(20(30)13-16)25(34)24-22-21(23-18-4-2-1-3-14(18)11-12-32(23)24)27(36)33(28(22)37)17-8-5-15(6-9-17)26(31)35/h1-13,21-24H,(H2,31,35)/t21-,22-,23+,24+/m0/s1. The Balaban J connectivity index is 1.48. The lowest BCUT2D eigenvalue weighted by Crippen LogP contribution is -2.44. The molecule has 37 heavy (non-hydrogen) atoms. The number of hydrogen-bond donors (Lipinski definition) is 1. The van der Waals surface area contributed by atoms with Crippen LogP contribution in [0.3, 0.4) is 0 Å². The molecule has 4 atom stereocenters. The van der Waals surface area contributed by atoms with E-state index in [9.17, 15) is 19.2 Å². The Bertz CT molecular complexity index is 1530. The monoisotopic (exact) mass is 531 g/mol. The molecular formula is C28H19Cl2N3O4. The van der Waals surface area contributed by atoms with Gasteiger partial charge in [0.25, 0.3) is 0 Å². The van der Waals surface area contributed by atoms with Crippen molar-refractivity contribution in [3.8, 4) is 0 Å². The lowest BCUT2D eigenvalue weighted by molar-refractivity contribution is -0.123. The van der Waals surface area contributed by atoms with Gasteiger partial charge in [0.1, 0.15) is 6.04 Å². The Morgan fingerprint density at radius 3 is 2.27 bits per heavy atom. The molecule has 6 rings (SSSR count). The van der Waals surface area contributed by atoms with Crippen molar-refractivity contribution in [3.63, 3.8) is 0 Å². The van der Waals surface area contributed by atoms with E-state index in [4.69, 9.17) is 28.9 Å². The number of nitrogens with zero attached hydrogens (tertiary/aromatic N) is 2. The average Bonchev–Trinajstić information content (AvgIpc) is 3.36. The second-order valence-electron chi connectivity index (χ2n) is 9.24. The molecule has 7 nitrogen and oxygen atoms in total. The van der Waals surface area contributed by atoms with Crippen LogP contribution in [-0.4, -0.2) is 34.4 Å². The van der Waals surface area contributed by atoms with Gasteiger partial charge in [-0.3, -0.25) is 19.2 Å². The molecule has 3 aliphatic rings. The first-order chi connectivity index (χ1) is 17.8. The number of carbonyl (C=O) groups excluding carboxylic acids is 4. The van der Waals surface area contributed by atoms with Crippen LogP contribution in [0.15, 0.2) is 72.9 Å². The van der Waals surface area contributed by atoms with Gasteiger partial charge in [-0.2, -0.15) is 0 Å². The Morgan fingerprint density at radius 1 is 0.865 bits per heavy atom. The van der Waals surface area contributed by atoms with Crippen molar-refractivity contribution >= 4 is 58.5 Å². The Labute approximate surface area is 222 Å². The van der Waals surface area contributed by atoms with E-state index in [0.29, 0.717) is 10.7 Å². The van der Waals surface area contributed by atoms with Gasteiger partial charge in [0, 0.05) is 22.3 Å². The minimum absolute atomic E-state index is 0.176. The topological polar surface area (TPSA) is 101 Å². The molecule has 0 radical (unpaired) electrons. The molecule has 0 aromatic heterocycles. The molecule has 0 saturated carbocycles. The van der Waals surface area contributed by atoms with E-state index in [1.165, 1.54) is 30.3 Å². The van der Waals surface area contributed by atoms with Crippen molar-refractivity contribution in [2.75, 3.05) is 4.90 Å². The highest BCUT2D eigenvalue weighted by atomic mass is 35.5. The lowest BCUT2D eigenvalue weighted by atomic mass is 9.83. The van der Waals surface area contributed by atoms with Gasteiger partial charge in [0.15, 0.2) is 5.78 Å². The van der Waals surface area contributed by atoms with Crippen LogP contribution in [-0.2, 0) is 9.59 Å². The molecule has 3 aromatic carbocycles. The summed E-state index contributed by atoms with van der Waals surface area (Å²) in [6.45, 7) is 0. The van der Waals surface area contributed by atoms with Crippen LogP contribution >= 0.6 is 23.2 Å². The Kier molecular flexibility index (Phi) is 5.44. The fraction of sp³-hybridized carbons (Fsp3) is 0.143. The molecule has 3 aromatic rings. The second-order valence-corrected chi connectivity index (χ2v) is 10.1. The minimum Gasteiger partial charge on any atom is -0.366 e. The first-order valence-electron chi connectivity index (χ1n) is 11.6. The highest BCUT2D eigenvalue weighted by Crippen LogP contribution is 2.54. The number of primary amides is 1. The SMILES string of the molecule is NC(=O)c1ccc(N2C(=O)[C@H]3[C@H](C2=O)[C@H](C(=O)c2ccc(Cl)cc2Cl)N2C=Cc4ccccc4[C@H]32)cc1. The van der Waals surface area contributed by atoms with E-state index in [-0.39, 0.29) is 21.9 Å². The van der Waals surface area contributed by atoms with Crippen molar-refractivity contribution in [2.45, 2.75) is 12.1 Å². The van der Waals surface area contributed by atoms with Gasteiger partial charge in [-0.15, -0.1) is 0 Å². The molecule has 9 heteroatoms. The minimum atomic E-state index is -0.954. The summed E-state index contributed by atoms with van der Waals surface area (Å²) in [5, 5.41) is 0.558. The molecule has 2 saturated heterocycles. The summed E-state index contributed by atoms with van der Waals surface area (Å²) in [6.07, 6.45) is 3.66. The third kappa shape index (κ3) is 3.49. The van der Waals surface area contributed by atoms with Crippen LogP contribution in [0.25, 0.3) is 6.08 Å². The summed E-state index contributed by atoms with van der Waals surface area (Å²) in [5.74, 6) is -3.60. The molecule has 0 aliphatic carbocycles. The number of ketones is 1. The van der Waals surface area contributed by atoms with E-state index >= 15 is 0 Å². The predicted molar refractivity (Wildman–Crippen MR) is 139 cm³/mol. The molecule has 3 heterocycles. The first-order valence-corrected chi connectivity index (χ1v) is 12.3. The summed E-state index contributed by atoms with van der Waals surface area (Å²) in [6, 6.07) is 16.7. The van der Waals surface area contributed by atoms with Gasteiger partial charge in [0.05, 0.1) is 28.6 Å². The number of amides is 3. The van der Waals surface area contributed by atoms with Crippen molar-refractivity contribution in [2.24, 2.45) is 17.6 Å². The number of Topliss-reactive ketones (excluding diaryl/α,β-unsaturated/α-hetero) is 1. The van der Waals surface area contributed by atoms with Gasteiger partial charge in [0.2, 0.25) is 17.7 Å².